The summed E-state index contributed by atoms with van der Waals surface area (Å²) < 4.78 is 18.3. The van der Waals surface area contributed by atoms with Gasteiger partial charge in [-0.15, -0.1) is 0 Å². The van der Waals surface area contributed by atoms with Crippen molar-refractivity contribution in [2.45, 2.75) is 25.7 Å². The van der Waals surface area contributed by atoms with Gasteiger partial charge in [0, 0.05) is 19.6 Å². The zero-order chi connectivity index (χ0) is 15.4. The molecular weight excluding hydrogens is 283 g/mol. The van der Waals surface area contributed by atoms with E-state index in [1.54, 1.807) is 12.1 Å². The number of piperidine rings is 1. The highest BCUT2D eigenvalue weighted by molar-refractivity contribution is 5.76. The summed E-state index contributed by atoms with van der Waals surface area (Å²) >= 11 is 0. The molecule has 22 heavy (non-hydrogen) atoms. The van der Waals surface area contributed by atoms with Gasteiger partial charge < -0.3 is 15.0 Å². The lowest BCUT2D eigenvalue weighted by Crippen LogP contribution is -2.44. The van der Waals surface area contributed by atoms with Crippen molar-refractivity contribution in [1.82, 2.24) is 10.2 Å². The fraction of sp³-hybridized carbons (Fsp3) is 0.588. The second-order valence-corrected chi connectivity index (χ2v) is 6.36. The van der Waals surface area contributed by atoms with Crippen LogP contribution >= 0.6 is 0 Å². The third kappa shape index (κ3) is 3.58. The fourth-order valence-corrected chi connectivity index (χ4v) is 3.40. The van der Waals surface area contributed by atoms with Crippen LogP contribution in [-0.2, 0) is 4.79 Å². The van der Waals surface area contributed by atoms with Crippen LogP contribution in [0.2, 0.25) is 0 Å². The zero-order valence-corrected chi connectivity index (χ0v) is 12.8. The van der Waals surface area contributed by atoms with Gasteiger partial charge >= 0.3 is 0 Å². The van der Waals surface area contributed by atoms with Crippen molar-refractivity contribution in [3.05, 3.63) is 30.1 Å². The highest BCUT2D eigenvalue weighted by atomic mass is 19.1. The number of amides is 1. The van der Waals surface area contributed by atoms with E-state index in [1.807, 2.05) is 4.90 Å². The number of benzene rings is 1. The van der Waals surface area contributed by atoms with Gasteiger partial charge in [-0.3, -0.25) is 4.79 Å². The number of hydrogen-bond donors (Lipinski definition) is 1. The van der Waals surface area contributed by atoms with Crippen LogP contribution in [-0.4, -0.2) is 43.6 Å². The number of nitrogens with zero attached hydrogens (tertiary/aromatic N) is 1. The van der Waals surface area contributed by atoms with Gasteiger partial charge in [-0.1, -0.05) is 0 Å². The largest absolute Gasteiger partial charge is 0.493 e. The van der Waals surface area contributed by atoms with E-state index in [9.17, 15) is 9.18 Å². The third-order valence-corrected chi connectivity index (χ3v) is 4.91. The van der Waals surface area contributed by atoms with E-state index >= 15 is 0 Å². The van der Waals surface area contributed by atoms with Gasteiger partial charge in [0.05, 0.1) is 13.0 Å². The lowest BCUT2D eigenvalue weighted by molar-refractivity contribution is -0.133. The number of carbonyl (C=O) groups excluding carboxylic acids is 1. The van der Waals surface area contributed by atoms with Crippen molar-refractivity contribution in [2.75, 3.05) is 32.8 Å². The molecule has 3 rings (SSSR count). The van der Waals surface area contributed by atoms with E-state index in [4.69, 9.17) is 4.74 Å². The first-order valence-electron chi connectivity index (χ1n) is 8.04. The summed E-state index contributed by atoms with van der Waals surface area (Å²) in [5, 5.41) is 3.43. The fourth-order valence-electron chi connectivity index (χ4n) is 3.40. The van der Waals surface area contributed by atoms with Crippen LogP contribution in [0.3, 0.4) is 0 Å². The molecule has 0 saturated carbocycles. The van der Waals surface area contributed by atoms with Crippen LogP contribution in [0.5, 0.6) is 5.75 Å². The second kappa shape index (κ2) is 6.65. The molecule has 0 atom stereocenters. The zero-order valence-electron chi connectivity index (χ0n) is 12.8. The number of carbonyl (C=O) groups is 1. The topological polar surface area (TPSA) is 41.6 Å². The van der Waals surface area contributed by atoms with Crippen molar-refractivity contribution in [2.24, 2.45) is 5.41 Å². The Morgan fingerprint density at radius 1 is 1.23 bits per heavy atom. The number of hydrogen-bond acceptors (Lipinski definition) is 3. The number of halogens is 1. The second-order valence-electron chi connectivity index (χ2n) is 6.36. The van der Waals surface area contributed by atoms with E-state index in [2.05, 4.69) is 5.32 Å². The van der Waals surface area contributed by atoms with Gasteiger partial charge in [0.15, 0.2) is 0 Å². The lowest BCUT2D eigenvalue weighted by atomic mass is 9.78. The highest BCUT2D eigenvalue weighted by Crippen LogP contribution is 2.36. The summed E-state index contributed by atoms with van der Waals surface area (Å²) in [4.78, 5) is 14.2. The Kier molecular flexibility index (Phi) is 4.62. The molecule has 2 saturated heterocycles. The Hall–Kier alpha value is -1.62. The van der Waals surface area contributed by atoms with Crippen LogP contribution in [0.25, 0.3) is 0 Å². The van der Waals surface area contributed by atoms with Gasteiger partial charge in [0.2, 0.25) is 5.91 Å². The van der Waals surface area contributed by atoms with E-state index in [1.165, 1.54) is 18.6 Å². The molecule has 1 spiro atoms. The molecule has 0 aliphatic carbocycles. The summed E-state index contributed by atoms with van der Waals surface area (Å²) in [6, 6.07) is 5.88. The lowest BCUT2D eigenvalue weighted by Gasteiger charge is -2.38. The Bertz CT molecular complexity index is 502. The minimum Gasteiger partial charge on any atom is -0.493 e. The van der Waals surface area contributed by atoms with Crippen LogP contribution in [0.1, 0.15) is 25.7 Å². The van der Waals surface area contributed by atoms with Crippen molar-refractivity contribution >= 4 is 5.91 Å². The van der Waals surface area contributed by atoms with Crippen molar-refractivity contribution in [3.63, 3.8) is 0 Å². The molecule has 2 aliphatic rings. The van der Waals surface area contributed by atoms with E-state index in [0.717, 1.165) is 39.0 Å². The smallest absolute Gasteiger partial charge is 0.225 e. The molecule has 0 radical (unpaired) electrons. The SMILES string of the molecule is O=C(CCOc1ccc(F)cc1)N1CCC2(CCNC2)CC1. The third-order valence-electron chi connectivity index (χ3n) is 4.91. The minimum atomic E-state index is -0.285. The van der Waals surface area contributed by atoms with Crippen LogP contribution in [0, 0.1) is 11.2 Å². The van der Waals surface area contributed by atoms with Gasteiger partial charge in [-0.05, 0) is 55.5 Å². The molecule has 2 heterocycles. The van der Waals surface area contributed by atoms with Gasteiger partial charge in [0.25, 0.3) is 0 Å². The molecule has 1 aromatic carbocycles. The number of ether oxygens (including phenoxy) is 1. The van der Waals surface area contributed by atoms with E-state index < -0.39 is 0 Å². The molecule has 1 aromatic rings. The molecule has 4 nitrogen and oxygen atoms in total. The Morgan fingerprint density at radius 3 is 2.59 bits per heavy atom. The standard InChI is InChI=1S/C17H23FN2O2/c18-14-1-3-15(4-2-14)22-12-5-16(21)20-10-7-17(8-11-20)6-9-19-13-17/h1-4,19H,5-13H2. The molecule has 2 fully saturated rings. The summed E-state index contributed by atoms with van der Waals surface area (Å²) in [7, 11) is 0. The quantitative estimate of drug-likeness (QED) is 0.927. The van der Waals surface area contributed by atoms with Crippen LogP contribution in [0.15, 0.2) is 24.3 Å². The Morgan fingerprint density at radius 2 is 1.95 bits per heavy atom. The molecule has 0 aromatic heterocycles. The van der Waals surface area contributed by atoms with E-state index in [0.29, 0.717) is 24.2 Å². The molecular formula is C17H23FN2O2. The maximum absolute atomic E-state index is 12.8. The molecule has 0 unspecified atom stereocenters. The minimum absolute atomic E-state index is 0.155. The van der Waals surface area contributed by atoms with Crippen molar-refractivity contribution in [1.29, 1.82) is 0 Å². The Labute approximate surface area is 130 Å². The van der Waals surface area contributed by atoms with Gasteiger partial charge in [0.1, 0.15) is 11.6 Å². The van der Waals surface area contributed by atoms with Crippen LogP contribution < -0.4 is 10.1 Å². The summed E-state index contributed by atoms with van der Waals surface area (Å²) in [5.74, 6) is 0.471. The predicted octanol–water partition coefficient (Wildman–Crippen LogP) is 2.20. The maximum Gasteiger partial charge on any atom is 0.225 e. The van der Waals surface area contributed by atoms with E-state index in [-0.39, 0.29) is 11.7 Å². The first-order chi connectivity index (χ1) is 10.7. The first-order valence-corrected chi connectivity index (χ1v) is 8.04. The number of rotatable bonds is 4. The predicted molar refractivity (Wildman–Crippen MR) is 82.2 cm³/mol. The molecule has 5 heteroatoms. The van der Waals surface area contributed by atoms with Crippen molar-refractivity contribution < 1.29 is 13.9 Å². The monoisotopic (exact) mass is 306 g/mol. The summed E-state index contributed by atoms with van der Waals surface area (Å²) in [6.45, 7) is 4.27. The highest BCUT2D eigenvalue weighted by Gasteiger charge is 2.37. The van der Waals surface area contributed by atoms with Crippen LogP contribution in [0.4, 0.5) is 4.39 Å². The van der Waals surface area contributed by atoms with Crippen molar-refractivity contribution in [3.8, 4) is 5.75 Å². The molecule has 2 aliphatic heterocycles. The Balaban J connectivity index is 1.40. The summed E-state index contributed by atoms with van der Waals surface area (Å²) in [6.07, 6.45) is 3.82. The number of nitrogens with one attached hydrogen (secondary N) is 1. The maximum atomic E-state index is 12.8. The normalized spacial score (nSPS) is 20.3. The average molecular weight is 306 g/mol. The first kappa shape index (κ1) is 15.3. The molecule has 0 bridgehead atoms. The average Bonchev–Trinajstić information content (AvgIpc) is 2.98. The number of likely N-dealkylation sites (tertiary alicyclic amines) is 1. The summed E-state index contributed by atoms with van der Waals surface area (Å²) in [5.41, 5.74) is 0.432. The molecule has 1 amide bonds. The van der Waals surface area contributed by atoms with Gasteiger partial charge in [-0.2, -0.15) is 0 Å². The molecule has 1 N–H and O–H groups in total. The van der Waals surface area contributed by atoms with Gasteiger partial charge in [-0.25, -0.2) is 4.39 Å². The molecule has 120 valence electrons.